The number of ether oxygens (including phenoxy) is 3. The van der Waals surface area contributed by atoms with Crippen molar-refractivity contribution < 1.29 is 28.2 Å². The number of carbonyl (C=O) groups is 2. The van der Waals surface area contributed by atoms with Crippen LogP contribution in [0.2, 0.25) is 5.02 Å². The summed E-state index contributed by atoms with van der Waals surface area (Å²) in [6, 6.07) is 13.4. The van der Waals surface area contributed by atoms with Crippen LogP contribution in [0.5, 0.6) is 11.5 Å². The molecule has 4 aromatic rings. The topological polar surface area (TPSA) is 102 Å². The lowest BCUT2D eigenvalue weighted by molar-refractivity contribution is 0.0500. The van der Waals surface area contributed by atoms with Gasteiger partial charge in [-0.15, -0.1) is 0 Å². The molecule has 226 valence electrons. The van der Waals surface area contributed by atoms with Crippen molar-refractivity contribution in [3.63, 3.8) is 0 Å². The van der Waals surface area contributed by atoms with Crippen molar-refractivity contribution in [2.45, 2.75) is 58.2 Å². The monoisotopic (exact) mass is 607 g/mol. The van der Waals surface area contributed by atoms with Crippen molar-refractivity contribution in [2.75, 3.05) is 14.2 Å². The van der Waals surface area contributed by atoms with E-state index in [9.17, 15) is 9.59 Å². The van der Waals surface area contributed by atoms with Gasteiger partial charge < -0.3 is 29.8 Å². The molecule has 0 saturated heterocycles. The van der Waals surface area contributed by atoms with Crippen molar-refractivity contribution in [3.05, 3.63) is 81.8 Å². The van der Waals surface area contributed by atoms with Gasteiger partial charge in [-0.05, 0) is 69.9 Å². The quantitative estimate of drug-likeness (QED) is 0.211. The van der Waals surface area contributed by atoms with Crippen LogP contribution in [0.15, 0.2) is 48.5 Å². The first-order valence-electron chi connectivity index (χ1n) is 14.1. The summed E-state index contributed by atoms with van der Waals surface area (Å²) in [5.41, 5.74) is 3.34. The number of fused-ring (bicyclic) bond motifs is 3. The maximum atomic E-state index is 16.1. The molecule has 10 heteroatoms. The van der Waals surface area contributed by atoms with Crippen LogP contribution in [-0.4, -0.2) is 42.8 Å². The van der Waals surface area contributed by atoms with Crippen molar-refractivity contribution in [2.24, 2.45) is 0 Å². The first kappa shape index (κ1) is 30.2. The van der Waals surface area contributed by atoms with E-state index >= 15 is 4.39 Å². The molecule has 0 aliphatic heterocycles. The highest BCUT2D eigenvalue weighted by Crippen LogP contribution is 2.42. The number of halogens is 2. The summed E-state index contributed by atoms with van der Waals surface area (Å²) in [6.07, 6.45) is 1.17. The Bertz CT molecular complexity index is 1690. The molecule has 0 radical (unpaired) electrons. The summed E-state index contributed by atoms with van der Waals surface area (Å²) < 4.78 is 32.3. The van der Waals surface area contributed by atoms with Gasteiger partial charge in [-0.2, -0.15) is 0 Å². The summed E-state index contributed by atoms with van der Waals surface area (Å²) in [4.78, 5) is 29.6. The van der Waals surface area contributed by atoms with Gasteiger partial charge in [0.1, 0.15) is 22.9 Å². The fourth-order valence-electron chi connectivity index (χ4n) is 5.54. The van der Waals surface area contributed by atoms with Gasteiger partial charge in [0.2, 0.25) is 0 Å². The predicted molar refractivity (Wildman–Crippen MR) is 165 cm³/mol. The molecule has 5 rings (SSSR count). The minimum absolute atomic E-state index is 0.156. The number of aromatic amines is 1. The van der Waals surface area contributed by atoms with Crippen LogP contribution in [0.4, 0.5) is 9.18 Å². The van der Waals surface area contributed by atoms with Gasteiger partial charge in [0.15, 0.2) is 0 Å². The standard InChI is InChI=1S/C33H35ClFN3O5/c1-33(2,3)43-32(40)37-19-11-13-26-22(14-19)29-28(21-8-6-7-9-24(21)34)25(35)16-23(30(29)38-26)31(39)36-17-18-10-12-20(41-4)15-27(18)42-5/h6-10,12,15-16,19,38H,11,13-14,17H2,1-5H3,(H,36,39)(H,37,40). The van der Waals surface area contributed by atoms with Crippen LogP contribution in [0.1, 0.15) is 54.4 Å². The molecule has 0 saturated carbocycles. The fourth-order valence-corrected chi connectivity index (χ4v) is 5.77. The largest absolute Gasteiger partial charge is 0.497 e. The lowest BCUT2D eigenvalue weighted by Crippen LogP contribution is -2.41. The Kier molecular flexibility index (Phi) is 8.55. The molecule has 1 unspecified atom stereocenters. The summed E-state index contributed by atoms with van der Waals surface area (Å²) in [5.74, 6) is 0.164. The van der Waals surface area contributed by atoms with E-state index in [4.69, 9.17) is 25.8 Å². The molecule has 0 spiro atoms. The zero-order valence-corrected chi connectivity index (χ0v) is 25.6. The molecule has 2 amide bonds. The number of alkyl carbamates (subject to hydrolysis) is 1. The zero-order valence-electron chi connectivity index (χ0n) is 24.8. The van der Waals surface area contributed by atoms with Gasteiger partial charge in [-0.25, -0.2) is 9.18 Å². The molecule has 3 N–H and O–H groups in total. The van der Waals surface area contributed by atoms with Gasteiger partial charge in [-0.3, -0.25) is 4.79 Å². The first-order valence-corrected chi connectivity index (χ1v) is 14.5. The zero-order chi connectivity index (χ0) is 30.9. The Labute approximate surface area is 254 Å². The SMILES string of the molecule is COc1ccc(CNC(=O)c2cc(F)c(-c3ccccc3Cl)c3c4c([nH]c23)CCC(NC(=O)OC(C)(C)C)C4)c(OC)c1. The average Bonchev–Trinajstić information content (AvgIpc) is 3.33. The highest BCUT2D eigenvalue weighted by Gasteiger charge is 2.30. The van der Waals surface area contributed by atoms with Crippen LogP contribution in [-0.2, 0) is 24.1 Å². The molecule has 0 bridgehead atoms. The molecular formula is C33H35ClFN3O5. The number of amides is 2. The van der Waals surface area contributed by atoms with E-state index in [1.807, 2.05) is 0 Å². The Hall–Kier alpha value is -4.24. The third-order valence-corrected chi connectivity index (χ3v) is 7.79. The molecule has 8 nitrogen and oxygen atoms in total. The number of methoxy groups -OCH3 is 2. The van der Waals surface area contributed by atoms with Crippen LogP contribution in [0, 0.1) is 5.82 Å². The van der Waals surface area contributed by atoms with E-state index in [0.29, 0.717) is 57.8 Å². The molecule has 0 fully saturated rings. The number of benzene rings is 3. The van der Waals surface area contributed by atoms with E-state index in [1.165, 1.54) is 6.07 Å². The summed E-state index contributed by atoms with van der Waals surface area (Å²) in [7, 11) is 3.11. The number of hydrogen-bond donors (Lipinski definition) is 3. The van der Waals surface area contributed by atoms with Crippen LogP contribution >= 0.6 is 11.6 Å². The lowest BCUT2D eigenvalue weighted by atomic mass is 9.88. The lowest BCUT2D eigenvalue weighted by Gasteiger charge is -2.26. The second-order valence-electron chi connectivity index (χ2n) is 11.5. The van der Waals surface area contributed by atoms with E-state index in [2.05, 4.69) is 15.6 Å². The van der Waals surface area contributed by atoms with E-state index < -0.39 is 23.4 Å². The molecule has 1 aliphatic carbocycles. The van der Waals surface area contributed by atoms with E-state index in [-0.39, 0.29) is 18.2 Å². The minimum Gasteiger partial charge on any atom is -0.497 e. The summed E-state index contributed by atoms with van der Waals surface area (Å²) in [6.45, 7) is 5.58. The number of aryl methyl sites for hydroxylation is 1. The maximum absolute atomic E-state index is 16.1. The van der Waals surface area contributed by atoms with Crippen LogP contribution < -0.4 is 20.1 Å². The average molecular weight is 608 g/mol. The van der Waals surface area contributed by atoms with Crippen molar-refractivity contribution in [1.82, 2.24) is 15.6 Å². The molecule has 1 heterocycles. The third-order valence-electron chi connectivity index (χ3n) is 7.46. The number of rotatable bonds is 7. The predicted octanol–water partition coefficient (Wildman–Crippen LogP) is 6.96. The second kappa shape index (κ2) is 12.2. The van der Waals surface area contributed by atoms with Crippen LogP contribution in [0.25, 0.3) is 22.0 Å². The van der Waals surface area contributed by atoms with E-state index in [0.717, 1.165) is 16.8 Å². The number of aromatic nitrogens is 1. The smallest absolute Gasteiger partial charge is 0.407 e. The molecule has 1 atom stereocenters. The highest BCUT2D eigenvalue weighted by atomic mass is 35.5. The van der Waals surface area contributed by atoms with Gasteiger partial charge in [-0.1, -0.05) is 29.8 Å². The van der Waals surface area contributed by atoms with Crippen molar-refractivity contribution in [3.8, 4) is 22.6 Å². The molecular weight excluding hydrogens is 573 g/mol. The highest BCUT2D eigenvalue weighted by molar-refractivity contribution is 6.34. The number of H-pyrrole nitrogens is 1. The normalized spacial score (nSPS) is 14.6. The van der Waals surface area contributed by atoms with Gasteiger partial charge in [0.05, 0.1) is 25.3 Å². The van der Waals surface area contributed by atoms with Crippen molar-refractivity contribution >= 4 is 34.5 Å². The molecule has 43 heavy (non-hydrogen) atoms. The maximum Gasteiger partial charge on any atom is 0.407 e. The first-order chi connectivity index (χ1) is 20.5. The third kappa shape index (κ3) is 6.41. The molecule has 1 aliphatic rings. The number of carbonyl (C=O) groups excluding carboxylic acids is 2. The number of nitrogens with one attached hydrogen (secondary N) is 3. The minimum atomic E-state index is -0.636. The van der Waals surface area contributed by atoms with Gasteiger partial charge in [0.25, 0.3) is 5.91 Å². The Balaban J connectivity index is 1.54. The Morgan fingerprint density at radius 2 is 1.86 bits per heavy atom. The molecule has 1 aromatic heterocycles. The second-order valence-corrected chi connectivity index (χ2v) is 11.9. The number of hydrogen-bond acceptors (Lipinski definition) is 5. The van der Waals surface area contributed by atoms with Crippen molar-refractivity contribution in [1.29, 1.82) is 0 Å². The van der Waals surface area contributed by atoms with Crippen LogP contribution in [0.3, 0.4) is 0 Å². The fraction of sp³-hybridized carbons (Fsp3) is 0.333. The van der Waals surface area contributed by atoms with Gasteiger partial charge >= 0.3 is 6.09 Å². The Morgan fingerprint density at radius 3 is 2.56 bits per heavy atom. The summed E-state index contributed by atoms with van der Waals surface area (Å²) in [5, 5.41) is 6.83. The van der Waals surface area contributed by atoms with Gasteiger partial charge in [0, 0.05) is 51.4 Å². The van der Waals surface area contributed by atoms with E-state index in [1.54, 1.807) is 77.5 Å². The molecule has 3 aromatic carbocycles. The Morgan fingerprint density at radius 1 is 1.09 bits per heavy atom. The summed E-state index contributed by atoms with van der Waals surface area (Å²) >= 11 is 6.56.